The lowest BCUT2D eigenvalue weighted by atomic mass is 9.97. The summed E-state index contributed by atoms with van der Waals surface area (Å²) in [6.07, 6.45) is -9.06. The molecule has 0 heterocycles. The van der Waals surface area contributed by atoms with Gasteiger partial charge >= 0.3 is 12.5 Å². The lowest BCUT2D eigenvalue weighted by Gasteiger charge is -2.20. The number of aryl methyl sites for hydroxylation is 1. The van der Waals surface area contributed by atoms with Crippen molar-refractivity contribution in [2.24, 2.45) is 0 Å². The molecule has 0 saturated carbocycles. The van der Waals surface area contributed by atoms with E-state index in [2.05, 4.69) is 48.1 Å². The summed E-state index contributed by atoms with van der Waals surface area (Å²) in [5, 5.41) is 2.29. The zero-order valence-corrected chi connectivity index (χ0v) is 23.1. The van der Waals surface area contributed by atoms with Gasteiger partial charge in [0.2, 0.25) is 0 Å². The van der Waals surface area contributed by atoms with Crippen molar-refractivity contribution in [3.05, 3.63) is 125 Å². The Morgan fingerprint density at radius 2 is 1.14 bits per heavy atom. The van der Waals surface area contributed by atoms with Gasteiger partial charge in [0, 0.05) is 17.7 Å². The Bertz CT molecular complexity index is 1770. The summed E-state index contributed by atoms with van der Waals surface area (Å²) in [5.41, 5.74) is 2.34. The van der Waals surface area contributed by atoms with Crippen LogP contribution in [-0.4, -0.2) is 6.36 Å². The van der Waals surface area contributed by atoms with E-state index in [-0.39, 0.29) is 17.7 Å². The van der Waals surface area contributed by atoms with Gasteiger partial charge in [-0.1, -0.05) is 80.1 Å². The summed E-state index contributed by atoms with van der Waals surface area (Å²) in [6, 6.07) is 25.0. The second-order valence-electron chi connectivity index (χ2n) is 10.1. The summed E-state index contributed by atoms with van der Waals surface area (Å²) in [4.78, 5) is 0. The number of alkyl halides is 5. The minimum atomic E-state index is -5.85. The van der Waals surface area contributed by atoms with Crippen LogP contribution in [0.1, 0.15) is 30.0 Å². The van der Waals surface area contributed by atoms with Gasteiger partial charge in [0.15, 0.2) is 0 Å². The third-order valence-electron chi connectivity index (χ3n) is 6.99. The average Bonchev–Trinajstić information content (AvgIpc) is 2.95. The normalized spacial score (nSPS) is 12.1. The zero-order valence-electron chi connectivity index (χ0n) is 23.1. The van der Waals surface area contributed by atoms with E-state index in [9.17, 15) is 35.1 Å². The van der Waals surface area contributed by atoms with Crippen molar-refractivity contribution < 1.29 is 44.6 Å². The van der Waals surface area contributed by atoms with Crippen LogP contribution < -0.4 is 4.74 Å². The van der Waals surface area contributed by atoms with Crippen LogP contribution in [0.3, 0.4) is 0 Å². The molecule has 228 valence electrons. The van der Waals surface area contributed by atoms with Crippen LogP contribution in [0.2, 0.25) is 0 Å². The molecule has 0 fully saturated rings. The number of fused-ring (bicyclic) bond motifs is 1. The minimum absolute atomic E-state index is 0.0146. The number of hydrogen-bond donors (Lipinski definition) is 0. The summed E-state index contributed by atoms with van der Waals surface area (Å²) < 4.78 is 115. The fourth-order valence-electron chi connectivity index (χ4n) is 4.89. The fraction of sp³-hybridized carbons (Fsp3) is 0.176. The third kappa shape index (κ3) is 7.02. The predicted octanol–water partition coefficient (Wildman–Crippen LogP) is 10.7. The van der Waals surface area contributed by atoms with Gasteiger partial charge in [0.25, 0.3) is 0 Å². The van der Waals surface area contributed by atoms with Gasteiger partial charge < -0.3 is 4.74 Å². The molecule has 5 aromatic carbocycles. The maximum atomic E-state index is 14.9. The van der Waals surface area contributed by atoms with Crippen LogP contribution in [0.15, 0.2) is 91.0 Å². The molecule has 0 atom stereocenters. The van der Waals surface area contributed by atoms with Gasteiger partial charge in [0.05, 0.1) is 0 Å². The first-order valence-electron chi connectivity index (χ1n) is 13.5. The van der Waals surface area contributed by atoms with Crippen LogP contribution in [0.5, 0.6) is 5.75 Å². The molecule has 0 saturated heterocycles. The van der Waals surface area contributed by atoms with Crippen molar-refractivity contribution in [1.29, 1.82) is 0 Å². The summed E-state index contributed by atoms with van der Waals surface area (Å²) in [5.74, 6) is -5.40. The van der Waals surface area contributed by atoms with E-state index in [0.717, 1.165) is 34.9 Å². The molecular formula is C34H24F8O2. The Balaban J connectivity index is 1.28. The first-order valence-corrected chi connectivity index (χ1v) is 13.5. The van der Waals surface area contributed by atoms with Gasteiger partial charge in [-0.05, 0) is 57.1 Å². The molecule has 44 heavy (non-hydrogen) atoms. The largest absolute Gasteiger partial charge is 0.527 e. The first kappa shape index (κ1) is 31.0. The van der Waals surface area contributed by atoms with Crippen LogP contribution in [0.4, 0.5) is 35.1 Å². The quantitative estimate of drug-likeness (QED) is 0.153. The molecule has 0 unspecified atom stereocenters. The van der Waals surface area contributed by atoms with Crippen LogP contribution >= 0.6 is 0 Å². The topological polar surface area (TPSA) is 18.5 Å². The van der Waals surface area contributed by atoms with Crippen molar-refractivity contribution in [2.75, 3.05) is 0 Å². The van der Waals surface area contributed by atoms with Crippen molar-refractivity contribution in [1.82, 2.24) is 0 Å². The van der Waals surface area contributed by atoms with Gasteiger partial charge in [-0.25, -0.2) is 17.9 Å². The van der Waals surface area contributed by atoms with E-state index in [1.165, 1.54) is 23.1 Å². The monoisotopic (exact) mass is 616 g/mol. The van der Waals surface area contributed by atoms with Gasteiger partial charge in [0.1, 0.15) is 35.4 Å². The maximum Gasteiger partial charge on any atom is 0.527 e. The number of hydrogen-bond acceptors (Lipinski definition) is 2. The zero-order chi connectivity index (χ0) is 31.6. The van der Waals surface area contributed by atoms with Crippen molar-refractivity contribution in [2.45, 2.75) is 38.8 Å². The number of ether oxygens (including phenoxy) is 2. The number of halogens is 8. The highest BCUT2D eigenvalue weighted by Gasteiger charge is 2.49. The Kier molecular flexibility index (Phi) is 8.65. The summed E-state index contributed by atoms with van der Waals surface area (Å²) >= 11 is 0. The third-order valence-corrected chi connectivity index (χ3v) is 6.99. The average molecular weight is 617 g/mol. The highest BCUT2D eigenvalue weighted by atomic mass is 19.4. The lowest BCUT2D eigenvalue weighted by Crippen LogP contribution is -2.29. The Morgan fingerprint density at radius 3 is 1.73 bits per heavy atom. The molecule has 0 aliphatic heterocycles. The van der Waals surface area contributed by atoms with E-state index in [1.54, 1.807) is 6.07 Å². The maximum absolute atomic E-state index is 14.9. The SMILES string of the molecule is CCCc1ccc2cc(-c3ccc(-c4ccc(COc5cc(F)c(C(F)(F)OC(F)(F)F)c(F)c5)c(F)c4)cc3)ccc2c1. The Morgan fingerprint density at radius 1 is 0.591 bits per heavy atom. The molecule has 0 spiro atoms. The van der Waals surface area contributed by atoms with E-state index in [4.69, 9.17) is 4.74 Å². The highest BCUT2D eigenvalue weighted by molar-refractivity contribution is 5.88. The molecule has 0 amide bonds. The van der Waals surface area contributed by atoms with E-state index in [1.807, 2.05) is 24.3 Å². The van der Waals surface area contributed by atoms with Crippen LogP contribution in [-0.2, 0) is 23.9 Å². The summed E-state index contributed by atoms with van der Waals surface area (Å²) in [6.45, 7) is 1.60. The molecule has 0 aliphatic rings. The van der Waals surface area contributed by atoms with E-state index >= 15 is 0 Å². The molecule has 10 heteroatoms. The molecule has 0 radical (unpaired) electrons. The van der Waals surface area contributed by atoms with Crippen molar-refractivity contribution in [3.8, 4) is 28.0 Å². The Hall–Kier alpha value is -4.44. The molecule has 2 nitrogen and oxygen atoms in total. The highest BCUT2D eigenvalue weighted by Crippen LogP contribution is 2.40. The van der Waals surface area contributed by atoms with Crippen LogP contribution in [0, 0.1) is 17.5 Å². The molecular weight excluding hydrogens is 592 g/mol. The fourth-order valence-corrected chi connectivity index (χ4v) is 4.89. The molecule has 0 N–H and O–H groups in total. The number of benzene rings is 5. The Labute approximate surface area is 247 Å². The molecule has 0 aromatic heterocycles. The molecule has 5 rings (SSSR count). The van der Waals surface area contributed by atoms with Crippen molar-refractivity contribution in [3.63, 3.8) is 0 Å². The predicted molar refractivity (Wildman–Crippen MR) is 150 cm³/mol. The second kappa shape index (κ2) is 12.3. The summed E-state index contributed by atoms with van der Waals surface area (Å²) in [7, 11) is 0. The minimum Gasteiger partial charge on any atom is -0.489 e. The molecule has 0 aliphatic carbocycles. The van der Waals surface area contributed by atoms with E-state index in [0.29, 0.717) is 5.56 Å². The number of rotatable bonds is 9. The van der Waals surface area contributed by atoms with Gasteiger partial charge in [-0.2, -0.15) is 8.78 Å². The van der Waals surface area contributed by atoms with Crippen molar-refractivity contribution >= 4 is 10.8 Å². The lowest BCUT2D eigenvalue weighted by molar-refractivity contribution is -0.432. The molecule has 0 bridgehead atoms. The van der Waals surface area contributed by atoms with Gasteiger partial charge in [-0.3, -0.25) is 0 Å². The van der Waals surface area contributed by atoms with E-state index < -0.39 is 47.8 Å². The first-order chi connectivity index (χ1) is 20.8. The van der Waals surface area contributed by atoms with Gasteiger partial charge in [-0.15, -0.1) is 13.2 Å². The van der Waals surface area contributed by atoms with Crippen LogP contribution in [0.25, 0.3) is 33.0 Å². The smallest absolute Gasteiger partial charge is 0.489 e. The second-order valence-corrected chi connectivity index (χ2v) is 10.1. The standard InChI is InChI=1S/C34H24F8O2/c1-2-3-20-4-5-25-15-24(11-10-23(25)14-20)21-6-8-22(9-7-21)26-12-13-27(29(35)16-26)19-43-28-17-30(36)32(31(37)18-28)33(38,39)44-34(40,41)42/h4-18H,2-3,19H2,1H3. The molecule has 5 aromatic rings.